The van der Waals surface area contributed by atoms with Crippen LogP contribution in [-0.2, 0) is 0 Å². The van der Waals surface area contributed by atoms with E-state index < -0.39 is 0 Å². The Bertz CT molecular complexity index is 815. The summed E-state index contributed by atoms with van der Waals surface area (Å²) in [5.74, 6) is 0. The summed E-state index contributed by atoms with van der Waals surface area (Å²) in [4.78, 5) is 15.5. The number of benzene rings is 2. The van der Waals surface area contributed by atoms with Crippen molar-refractivity contribution in [2.45, 2.75) is 13.8 Å². The maximum Gasteiger partial charge on any atom is 0.190 e. The molecule has 1 heterocycles. The zero-order valence-corrected chi connectivity index (χ0v) is 11.0. The van der Waals surface area contributed by atoms with E-state index in [1.54, 1.807) is 6.07 Å². The van der Waals surface area contributed by atoms with Crippen LogP contribution < -0.4 is 5.43 Å². The lowest BCUT2D eigenvalue weighted by Gasteiger charge is -2.08. The average Bonchev–Trinajstić information content (AvgIpc) is 2.38. The molecule has 0 saturated carbocycles. The van der Waals surface area contributed by atoms with Gasteiger partial charge in [0, 0.05) is 28.2 Å². The largest absolute Gasteiger partial charge is 0.354 e. The van der Waals surface area contributed by atoms with Gasteiger partial charge in [0.2, 0.25) is 0 Å². The Balaban J connectivity index is 2.28. The van der Waals surface area contributed by atoms with Gasteiger partial charge in [0.05, 0.1) is 0 Å². The minimum atomic E-state index is 0.0596. The maximum absolute atomic E-state index is 12.1. The van der Waals surface area contributed by atoms with Crippen molar-refractivity contribution < 1.29 is 0 Å². The van der Waals surface area contributed by atoms with Crippen LogP contribution in [0.2, 0.25) is 0 Å². The molecule has 0 bridgehead atoms. The van der Waals surface area contributed by atoms with Gasteiger partial charge in [-0.2, -0.15) is 0 Å². The molecule has 0 aliphatic carbocycles. The number of hydrogen-bond donors (Lipinski definition) is 1. The van der Waals surface area contributed by atoms with Gasteiger partial charge >= 0.3 is 0 Å². The van der Waals surface area contributed by atoms with Crippen molar-refractivity contribution in [3.8, 4) is 11.3 Å². The Morgan fingerprint density at radius 3 is 2.53 bits per heavy atom. The lowest BCUT2D eigenvalue weighted by Crippen LogP contribution is -2.03. The lowest BCUT2D eigenvalue weighted by molar-refractivity contribution is 1.32. The fourth-order valence-corrected chi connectivity index (χ4v) is 2.46. The van der Waals surface area contributed by atoms with E-state index in [1.165, 1.54) is 11.1 Å². The topological polar surface area (TPSA) is 32.9 Å². The molecule has 0 atom stereocenters. The van der Waals surface area contributed by atoms with Gasteiger partial charge in [-0.1, -0.05) is 35.9 Å². The highest BCUT2D eigenvalue weighted by atomic mass is 16.1. The van der Waals surface area contributed by atoms with E-state index in [4.69, 9.17) is 0 Å². The van der Waals surface area contributed by atoms with Gasteiger partial charge in [0.1, 0.15) is 0 Å². The van der Waals surface area contributed by atoms with E-state index in [1.807, 2.05) is 24.3 Å². The molecule has 3 rings (SSSR count). The molecule has 0 amide bonds. The number of pyridine rings is 1. The summed E-state index contributed by atoms with van der Waals surface area (Å²) >= 11 is 0. The quantitative estimate of drug-likeness (QED) is 0.699. The minimum Gasteiger partial charge on any atom is -0.354 e. The summed E-state index contributed by atoms with van der Waals surface area (Å²) in [5.41, 5.74) is 5.29. The Kier molecular flexibility index (Phi) is 2.71. The number of rotatable bonds is 1. The second-order valence-electron chi connectivity index (χ2n) is 4.91. The van der Waals surface area contributed by atoms with E-state index >= 15 is 0 Å². The van der Waals surface area contributed by atoms with Gasteiger partial charge in [-0.3, -0.25) is 4.79 Å². The fourth-order valence-electron chi connectivity index (χ4n) is 2.46. The standard InChI is InChI=1S/C17H15NO/c1-11-7-8-13(12(2)9-11)16-10-17(19)14-5-3-4-6-15(14)18-16/h3-10H,1-2H3,(H,18,19). The first-order valence-corrected chi connectivity index (χ1v) is 6.35. The zero-order valence-electron chi connectivity index (χ0n) is 11.0. The Labute approximate surface area is 111 Å². The molecular weight excluding hydrogens is 234 g/mol. The van der Waals surface area contributed by atoms with E-state index in [0.717, 1.165) is 22.2 Å². The normalized spacial score (nSPS) is 10.8. The molecule has 0 spiro atoms. The molecule has 2 aromatic carbocycles. The number of para-hydroxylation sites is 1. The van der Waals surface area contributed by atoms with E-state index in [0.29, 0.717) is 0 Å². The van der Waals surface area contributed by atoms with Crippen LogP contribution in [0.15, 0.2) is 53.3 Å². The number of aryl methyl sites for hydroxylation is 2. The predicted molar refractivity (Wildman–Crippen MR) is 79.5 cm³/mol. The Morgan fingerprint density at radius 1 is 0.947 bits per heavy atom. The molecule has 2 heteroatoms. The van der Waals surface area contributed by atoms with Crippen LogP contribution in [0.3, 0.4) is 0 Å². The number of hydrogen-bond acceptors (Lipinski definition) is 1. The first-order chi connectivity index (χ1) is 9.15. The second kappa shape index (κ2) is 4.39. The molecule has 0 radical (unpaired) electrons. The number of fused-ring (bicyclic) bond motifs is 1. The van der Waals surface area contributed by atoms with Crippen molar-refractivity contribution in [2.75, 3.05) is 0 Å². The van der Waals surface area contributed by atoms with E-state index in [9.17, 15) is 4.79 Å². The SMILES string of the molecule is Cc1ccc(-c2cc(=O)c3ccccc3[nH]2)c(C)c1. The maximum atomic E-state index is 12.1. The van der Waals surface area contributed by atoms with Crippen molar-refractivity contribution in [1.29, 1.82) is 0 Å². The third-order valence-corrected chi connectivity index (χ3v) is 3.41. The van der Waals surface area contributed by atoms with Crippen LogP contribution in [0.5, 0.6) is 0 Å². The average molecular weight is 249 g/mol. The molecule has 0 unspecified atom stereocenters. The molecule has 0 aliphatic rings. The van der Waals surface area contributed by atoms with Gasteiger partial charge in [-0.25, -0.2) is 0 Å². The summed E-state index contributed by atoms with van der Waals surface area (Å²) in [6.45, 7) is 4.13. The predicted octanol–water partition coefficient (Wildman–Crippen LogP) is 3.81. The van der Waals surface area contributed by atoms with Crippen molar-refractivity contribution in [3.63, 3.8) is 0 Å². The first kappa shape index (κ1) is 11.7. The molecule has 1 N–H and O–H groups in total. The van der Waals surface area contributed by atoms with Crippen molar-refractivity contribution in [2.24, 2.45) is 0 Å². The van der Waals surface area contributed by atoms with Crippen LogP contribution in [0.25, 0.3) is 22.2 Å². The molecule has 3 aromatic rings. The first-order valence-electron chi connectivity index (χ1n) is 6.35. The smallest absolute Gasteiger partial charge is 0.190 e. The summed E-state index contributed by atoms with van der Waals surface area (Å²) in [7, 11) is 0. The van der Waals surface area contributed by atoms with Crippen molar-refractivity contribution >= 4 is 10.9 Å². The Morgan fingerprint density at radius 2 is 1.74 bits per heavy atom. The van der Waals surface area contributed by atoms with Crippen LogP contribution in [0, 0.1) is 13.8 Å². The highest BCUT2D eigenvalue weighted by Gasteiger charge is 2.06. The molecule has 94 valence electrons. The number of aromatic amines is 1. The lowest BCUT2D eigenvalue weighted by atomic mass is 10.0. The third kappa shape index (κ3) is 2.06. The van der Waals surface area contributed by atoms with Crippen LogP contribution in [0.4, 0.5) is 0 Å². The van der Waals surface area contributed by atoms with Gasteiger partial charge < -0.3 is 4.98 Å². The second-order valence-corrected chi connectivity index (χ2v) is 4.91. The summed E-state index contributed by atoms with van der Waals surface area (Å²) in [5, 5.41) is 0.732. The van der Waals surface area contributed by atoms with Crippen LogP contribution >= 0.6 is 0 Å². The fraction of sp³-hybridized carbons (Fsp3) is 0.118. The number of nitrogens with one attached hydrogen (secondary N) is 1. The van der Waals surface area contributed by atoms with Crippen LogP contribution in [-0.4, -0.2) is 4.98 Å². The molecule has 2 nitrogen and oxygen atoms in total. The summed E-state index contributed by atoms with van der Waals surface area (Å²) in [6.07, 6.45) is 0. The molecular formula is C17H15NO. The zero-order chi connectivity index (χ0) is 13.4. The minimum absolute atomic E-state index is 0.0596. The van der Waals surface area contributed by atoms with Gasteiger partial charge in [0.25, 0.3) is 0 Å². The van der Waals surface area contributed by atoms with Gasteiger partial charge in [-0.15, -0.1) is 0 Å². The molecule has 0 fully saturated rings. The molecule has 1 aromatic heterocycles. The summed E-state index contributed by atoms with van der Waals surface area (Å²) < 4.78 is 0. The highest BCUT2D eigenvalue weighted by Crippen LogP contribution is 2.23. The molecule has 19 heavy (non-hydrogen) atoms. The number of aromatic nitrogens is 1. The number of H-pyrrole nitrogens is 1. The van der Waals surface area contributed by atoms with E-state index in [2.05, 4.69) is 37.0 Å². The molecule has 0 aliphatic heterocycles. The highest BCUT2D eigenvalue weighted by molar-refractivity contribution is 5.81. The van der Waals surface area contributed by atoms with Crippen molar-refractivity contribution in [3.05, 3.63) is 69.9 Å². The van der Waals surface area contributed by atoms with Gasteiger partial charge in [0.15, 0.2) is 5.43 Å². The monoisotopic (exact) mass is 249 g/mol. The van der Waals surface area contributed by atoms with E-state index in [-0.39, 0.29) is 5.43 Å². The van der Waals surface area contributed by atoms with Crippen molar-refractivity contribution in [1.82, 2.24) is 4.98 Å². The third-order valence-electron chi connectivity index (χ3n) is 3.41. The Hall–Kier alpha value is -2.35. The molecule has 0 saturated heterocycles. The van der Waals surface area contributed by atoms with Gasteiger partial charge in [-0.05, 0) is 31.5 Å². The summed E-state index contributed by atoms with van der Waals surface area (Å²) in [6, 6.07) is 15.5. The van der Waals surface area contributed by atoms with Crippen LogP contribution in [0.1, 0.15) is 11.1 Å².